The third-order valence-corrected chi connectivity index (χ3v) is 9.68. The lowest BCUT2D eigenvalue weighted by atomic mass is 10.00. The number of fused-ring (bicyclic) bond motifs is 1. The molecule has 3 aromatic rings. The number of nitrogens with two attached hydrogens (primary N) is 1. The quantitative estimate of drug-likeness (QED) is 0.0204. The Morgan fingerprint density at radius 1 is 0.845 bits per heavy atom. The number of ketones is 1. The number of Topliss-reactive ketones (excluding diaryl/α,β-unsaturated/α-hetero) is 1. The van der Waals surface area contributed by atoms with Crippen LogP contribution in [0.1, 0.15) is 68.2 Å². The number of carbonyl (C=O) groups excluding carboxylic acids is 6. The van der Waals surface area contributed by atoms with E-state index in [0.29, 0.717) is 24.3 Å². The monoisotopic (exact) mass is 817 g/mol. The normalized spacial score (nSPS) is 12.9. The number of thiazole rings is 1. The fraction of sp³-hybridized carbons (Fsp3) is 0.415. The molecule has 0 unspecified atom stereocenters. The highest BCUT2D eigenvalue weighted by Gasteiger charge is 2.33. The van der Waals surface area contributed by atoms with Gasteiger partial charge in [0.05, 0.1) is 16.3 Å². The second-order valence-corrected chi connectivity index (χ2v) is 15.0. The van der Waals surface area contributed by atoms with Crippen molar-refractivity contribution in [3.05, 3.63) is 84.4 Å². The minimum atomic E-state index is -1.30. The first kappa shape index (κ1) is 46.3. The minimum absolute atomic E-state index is 0.0882. The summed E-state index contributed by atoms with van der Waals surface area (Å²) in [5.41, 5.74) is 6.78. The summed E-state index contributed by atoms with van der Waals surface area (Å²) in [5, 5.41) is 23.9. The summed E-state index contributed by atoms with van der Waals surface area (Å²) in [5.74, 6) is -3.06. The van der Waals surface area contributed by atoms with Gasteiger partial charge in [0.15, 0.2) is 11.0 Å². The van der Waals surface area contributed by atoms with Crippen LogP contribution in [-0.4, -0.2) is 90.1 Å². The number of hydrogen-bond acceptors (Lipinski definition) is 10. The molecule has 0 saturated carbocycles. The highest BCUT2D eigenvalue weighted by Crippen LogP contribution is 2.23. The van der Waals surface area contributed by atoms with Crippen LogP contribution < -0.4 is 42.4 Å². The Kier molecular flexibility index (Phi) is 19.0. The maximum atomic E-state index is 14.1. The summed E-state index contributed by atoms with van der Waals surface area (Å²) >= 11 is 1.18. The average molecular weight is 818 g/mol. The summed E-state index contributed by atoms with van der Waals surface area (Å²) in [7, 11) is 0. The van der Waals surface area contributed by atoms with Crippen molar-refractivity contribution in [3.63, 3.8) is 0 Å². The molecular formula is C41H55N9O7S. The topological polar surface area (TPSA) is 247 Å². The largest absolute Gasteiger partial charge is 0.490 e. The van der Waals surface area contributed by atoms with Gasteiger partial charge in [-0.3, -0.25) is 34.2 Å². The lowest BCUT2D eigenvalue weighted by Gasteiger charge is -2.27. The van der Waals surface area contributed by atoms with Gasteiger partial charge in [0, 0.05) is 32.9 Å². The smallest absolute Gasteiger partial charge is 0.243 e. The van der Waals surface area contributed by atoms with Crippen LogP contribution in [0, 0.1) is 11.3 Å². The Bertz CT molecular complexity index is 1880. The van der Waals surface area contributed by atoms with Gasteiger partial charge in [0.2, 0.25) is 35.3 Å². The van der Waals surface area contributed by atoms with Crippen molar-refractivity contribution >= 4 is 62.8 Å². The van der Waals surface area contributed by atoms with E-state index in [1.165, 1.54) is 24.3 Å². The molecule has 2 aromatic carbocycles. The average Bonchev–Trinajstić information content (AvgIpc) is 3.62. The Hall–Kier alpha value is -6.10. The van der Waals surface area contributed by atoms with Crippen molar-refractivity contribution in [3.8, 4) is 5.75 Å². The van der Waals surface area contributed by atoms with E-state index in [4.69, 9.17) is 15.9 Å². The number of nitrogens with one attached hydrogen (secondary N) is 7. The number of guanidine groups is 1. The van der Waals surface area contributed by atoms with E-state index in [9.17, 15) is 28.8 Å². The zero-order valence-electron chi connectivity index (χ0n) is 33.2. The molecule has 16 nitrogen and oxygen atoms in total. The second-order valence-electron chi connectivity index (χ2n) is 14.0. The highest BCUT2D eigenvalue weighted by molar-refractivity contribution is 7.20. The van der Waals surface area contributed by atoms with E-state index >= 15 is 0 Å². The fourth-order valence-corrected chi connectivity index (χ4v) is 6.79. The molecule has 0 aliphatic carbocycles. The van der Waals surface area contributed by atoms with Gasteiger partial charge < -0.3 is 42.4 Å². The summed E-state index contributed by atoms with van der Waals surface area (Å²) < 4.78 is 6.32. The Morgan fingerprint density at radius 3 is 2.14 bits per heavy atom. The first-order valence-electron chi connectivity index (χ1n) is 19.1. The fourth-order valence-electron chi connectivity index (χ4n) is 5.83. The molecular weight excluding hydrogens is 763 g/mol. The van der Waals surface area contributed by atoms with Gasteiger partial charge in [-0.1, -0.05) is 56.8 Å². The van der Waals surface area contributed by atoms with E-state index in [1.807, 2.05) is 26.0 Å². The Labute approximate surface area is 342 Å². The first-order valence-corrected chi connectivity index (χ1v) is 19.9. The number of para-hydroxylation sites is 1. The number of benzene rings is 2. The second kappa shape index (κ2) is 23.8. The summed E-state index contributed by atoms with van der Waals surface area (Å²) in [6.45, 7) is 13.0. The van der Waals surface area contributed by atoms with Crippen LogP contribution in [0.3, 0.4) is 0 Å². The molecule has 0 spiro atoms. The maximum Gasteiger partial charge on any atom is 0.243 e. The molecule has 17 heteroatoms. The number of rotatable bonds is 25. The number of nitrogens with zero attached hydrogens (tertiary/aromatic N) is 1. The van der Waals surface area contributed by atoms with Crippen LogP contribution in [0.15, 0.2) is 73.8 Å². The molecule has 3 rings (SSSR count). The molecule has 5 amide bonds. The first-order chi connectivity index (χ1) is 27.7. The van der Waals surface area contributed by atoms with Gasteiger partial charge in [-0.05, 0) is 61.4 Å². The van der Waals surface area contributed by atoms with Gasteiger partial charge in [-0.25, -0.2) is 4.98 Å². The molecule has 1 aromatic heterocycles. The molecule has 0 bridgehead atoms. The standard InChI is InChI=1S/C41H55N9O7S/c1-6-20-44-35(52)19-18-31(37(54)47-30(12-10-21-45-41(42)43)36(53)40-50-29-11-8-9-13-34(29)58-40)48-38(55)32(23-25(3)4)49-39(56)33(46-26(5)51)24-27-14-16-28(17-15-27)57-22-7-2/h6-9,11,13-17,25,30-33H,1-2,10,12,18-24H2,3-5H3,(H,44,52)(H,46,51)(H,47,54)(H,48,55)(H,49,56)(H4,42,43,45)/t30-,31-,32-,33-/m0/s1. The molecule has 0 radical (unpaired) electrons. The van der Waals surface area contributed by atoms with Gasteiger partial charge in [0.25, 0.3) is 0 Å². The number of hydrogen-bond donors (Lipinski definition) is 8. The van der Waals surface area contributed by atoms with E-state index in [1.54, 1.807) is 42.5 Å². The van der Waals surface area contributed by atoms with Crippen molar-refractivity contribution in [2.75, 3.05) is 19.7 Å². The van der Waals surface area contributed by atoms with Crippen molar-refractivity contribution in [1.82, 2.24) is 36.9 Å². The highest BCUT2D eigenvalue weighted by atomic mass is 32.1. The molecule has 0 aliphatic heterocycles. The van der Waals surface area contributed by atoms with Crippen LogP contribution in [0.4, 0.5) is 0 Å². The van der Waals surface area contributed by atoms with Crippen molar-refractivity contribution in [2.24, 2.45) is 11.7 Å². The van der Waals surface area contributed by atoms with Crippen molar-refractivity contribution in [2.45, 2.75) is 83.5 Å². The van der Waals surface area contributed by atoms with Gasteiger partial charge >= 0.3 is 0 Å². The van der Waals surface area contributed by atoms with Crippen LogP contribution in [0.25, 0.3) is 10.2 Å². The number of aromatic nitrogens is 1. The third-order valence-electron chi connectivity index (χ3n) is 8.62. The van der Waals surface area contributed by atoms with Crippen LogP contribution in [0.2, 0.25) is 0 Å². The lowest BCUT2D eigenvalue weighted by molar-refractivity contribution is -0.134. The van der Waals surface area contributed by atoms with E-state index in [2.05, 4.69) is 50.0 Å². The molecule has 1 heterocycles. The Morgan fingerprint density at radius 2 is 1.50 bits per heavy atom. The number of carbonyl (C=O) groups is 6. The molecule has 0 aliphatic rings. The maximum absolute atomic E-state index is 14.1. The number of ether oxygens (including phenoxy) is 1. The minimum Gasteiger partial charge on any atom is -0.490 e. The van der Waals surface area contributed by atoms with Crippen molar-refractivity contribution in [1.29, 1.82) is 5.41 Å². The van der Waals surface area contributed by atoms with Gasteiger partial charge in [-0.2, -0.15) is 0 Å². The molecule has 0 fully saturated rings. The molecule has 9 N–H and O–H groups in total. The third kappa shape index (κ3) is 15.8. The zero-order chi connectivity index (χ0) is 42.6. The molecule has 4 atom stereocenters. The summed E-state index contributed by atoms with van der Waals surface area (Å²) in [6, 6.07) is 9.68. The zero-order valence-corrected chi connectivity index (χ0v) is 34.0. The molecule has 312 valence electrons. The molecule has 58 heavy (non-hydrogen) atoms. The summed E-state index contributed by atoms with van der Waals surface area (Å²) in [4.78, 5) is 85.1. The molecule has 0 saturated heterocycles. The predicted molar refractivity (Wildman–Crippen MR) is 224 cm³/mol. The SMILES string of the molecule is C=CCNC(=O)CC[C@H](NC(=O)[C@H](CC(C)C)NC(=O)[C@H](Cc1ccc(OCC=C)cc1)NC(C)=O)C(=O)N[C@@H](CCCNC(=N)N)C(=O)c1nc2ccccc2s1. The predicted octanol–water partition coefficient (Wildman–Crippen LogP) is 2.64. The van der Waals surface area contributed by atoms with Gasteiger partial charge in [0.1, 0.15) is 30.5 Å². The number of amides is 5. The lowest BCUT2D eigenvalue weighted by Crippen LogP contribution is -2.58. The van der Waals surface area contributed by atoms with Gasteiger partial charge in [-0.15, -0.1) is 17.9 Å². The summed E-state index contributed by atoms with van der Waals surface area (Å²) in [6.07, 6.45) is 3.59. The van der Waals surface area contributed by atoms with E-state index < -0.39 is 59.5 Å². The van der Waals surface area contributed by atoms with E-state index in [-0.39, 0.29) is 62.1 Å². The Balaban J connectivity index is 1.86. The van der Waals surface area contributed by atoms with Crippen molar-refractivity contribution < 1.29 is 33.5 Å². The van der Waals surface area contributed by atoms with Crippen LogP contribution in [-0.2, 0) is 30.4 Å². The van der Waals surface area contributed by atoms with E-state index in [0.717, 1.165) is 10.3 Å². The van der Waals surface area contributed by atoms with Crippen LogP contribution in [0.5, 0.6) is 5.75 Å². The van der Waals surface area contributed by atoms with Crippen LogP contribution >= 0.6 is 11.3 Å².